The molecule has 0 bridgehead atoms. The summed E-state index contributed by atoms with van der Waals surface area (Å²) in [7, 11) is 0. The van der Waals surface area contributed by atoms with Crippen LogP contribution in [0.25, 0.3) is 0 Å². The Bertz CT molecular complexity index is 1060. The lowest BCUT2D eigenvalue weighted by Crippen LogP contribution is -2.29. The first-order chi connectivity index (χ1) is 13.5. The van der Waals surface area contributed by atoms with Gasteiger partial charge in [0, 0.05) is 0 Å². The monoisotopic (exact) mass is 375 g/mol. The third kappa shape index (κ3) is 3.16. The predicted molar refractivity (Wildman–Crippen MR) is 99.5 cm³/mol. The van der Waals surface area contributed by atoms with Gasteiger partial charge in [-0.1, -0.05) is 24.3 Å². The van der Waals surface area contributed by atoms with Gasteiger partial charge in [-0.25, -0.2) is 14.1 Å². The molecule has 0 atom stereocenters. The van der Waals surface area contributed by atoms with Gasteiger partial charge in [0.1, 0.15) is 12.4 Å². The minimum absolute atomic E-state index is 0.0588. The second kappa shape index (κ2) is 7.08. The molecular weight excluding hydrogens is 361 g/mol. The highest BCUT2D eigenvalue weighted by molar-refractivity contribution is 6.34. The number of amides is 2. The summed E-state index contributed by atoms with van der Waals surface area (Å²) in [5, 5.41) is 0. The summed E-state index contributed by atoms with van der Waals surface area (Å²) in [6, 6.07) is 18.4. The van der Waals surface area contributed by atoms with Crippen LogP contribution in [0.15, 0.2) is 72.8 Å². The number of benzene rings is 3. The molecule has 0 aromatic heterocycles. The number of rotatable bonds is 4. The van der Waals surface area contributed by atoms with Gasteiger partial charge in [0.25, 0.3) is 11.8 Å². The minimum atomic E-state index is -0.585. The van der Waals surface area contributed by atoms with Crippen LogP contribution in [0.2, 0.25) is 0 Å². The molecule has 0 saturated heterocycles. The SMILES string of the molecule is O=C(OCc1cccc(F)c1)c1ccc(N2C(=O)c3ccccc3C2=O)cc1. The molecule has 0 N–H and O–H groups in total. The predicted octanol–water partition coefficient (Wildman–Crippen LogP) is 3.98. The van der Waals surface area contributed by atoms with Gasteiger partial charge in [-0.2, -0.15) is 0 Å². The molecule has 2 amide bonds. The molecule has 3 aromatic carbocycles. The van der Waals surface area contributed by atoms with Gasteiger partial charge in [0.05, 0.1) is 22.4 Å². The van der Waals surface area contributed by atoms with Crippen molar-refractivity contribution in [3.05, 3.63) is 101 Å². The van der Waals surface area contributed by atoms with Crippen molar-refractivity contribution in [1.82, 2.24) is 0 Å². The first-order valence-electron chi connectivity index (χ1n) is 8.54. The zero-order valence-corrected chi connectivity index (χ0v) is 14.6. The number of fused-ring (bicyclic) bond motifs is 1. The molecule has 138 valence electrons. The Labute approximate surface area is 160 Å². The smallest absolute Gasteiger partial charge is 0.338 e. The van der Waals surface area contributed by atoms with E-state index in [1.165, 1.54) is 42.5 Å². The number of ether oxygens (including phenoxy) is 1. The summed E-state index contributed by atoms with van der Waals surface area (Å²) in [6.07, 6.45) is 0. The van der Waals surface area contributed by atoms with Gasteiger partial charge in [-0.3, -0.25) is 9.59 Å². The van der Waals surface area contributed by atoms with E-state index in [1.807, 2.05) is 0 Å². The Morgan fingerprint density at radius 2 is 1.50 bits per heavy atom. The van der Waals surface area contributed by atoms with E-state index < -0.39 is 23.6 Å². The fourth-order valence-corrected chi connectivity index (χ4v) is 3.03. The highest BCUT2D eigenvalue weighted by Crippen LogP contribution is 2.28. The van der Waals surface area contributed by atoms with Gasteiger partial charge < -0.3 is 4.74 Å². The summed E-state index contributed by atoms with van der Waals surface area (Å²) in [4.78, 5) is 38.2. The van der Waals surface area contributed by atoms with Gasteiger partial charge in [-0.05, 0) is 54.1 Å². The van der Waals surface area contributed by atoms with Crippen LogP contribution in [0.1, 0.15) is 36.6 Å². The maximum atomic E-state index is 13.2. The number of imide groups is 1. The number of hydrogen-bond donors (Lipinski definition) is 0. The van der Waals surface area contributed by atoms with Crippen molar-refractivity contribution in [3.63, 3.8) is 0 Å². The topological polar surface area (TPSA) is 63.7 Å². The van der Waals surface area contributed by atoms with Crippen LogP contribution in [0.4, 0.5) is 10.1 Å². The highest BCUT2D eigenvalue weighted by atomic mass is 19.1. The summed E-state index contributed by atoms with van der Waals surface area (Å²) in [5.74, 6) is -1.79. The van der Waals surface area contributed by atoms with Crippen LogP contribution in [-0.2, 0) is 11.3 Å². The zero-order chi connectivity index (χ0) is 19.7. The molecule has 28 heavy (non-hydrogen) atoms. The molecule has 4 rings (SSSR count). The van der Waals surface area contributed by atoms with Crippen LogP contribution < -0.4 is 4.90 Å². The van der Waals surface area contributed by atoms with Gasteiger partial charge in [-0.15, -0.1) is 0 Å². The van der Waals surface area contributed by atoms with Crippen molar-refractivity contribution in [2.75, 3.05) is 4.90 Å². The standard InChI is InChI=1S/C22H14FNO4/c23-16-5-3-4-14(12-16)13-28-22(27)15-8-10-17(11-9-15)24-20(25)18-6-1-2-7-19(18)21(24)26/h1-12H,13H2. The van der Waals surface area contributed by atoms with Crippen molar-refractivity contribution in [3.8, 4) is 0 Å². The quantitative estimate of drug-likeness (QED) is 0.511. The van der Waals surface area contributed by atoms with Crippen LogP contribution in [-0.4, -0.2) is 17.8 Å². The summed E-state index contributed by atoms with van der Waals surface area (Å²) >= 11 is 0. The van der Waals surface area contributed by atoms with Crippen molar-refractivity contribution >= 4 is 23.5 Å². The molecule has 0 aliphatic carbocycles. The highest BCUT2D eigenvalue weighted by Gasteiger charge is 2.36. The van der Waals surface area contributed by atoms with E-state index in [4.69, 9.17) is 4.74 Å². The van der Waals surface area contributed by atoms with E-state index in [-0.39, 0.29) is 12.2 Å². The Balaban J connectivity index is 1.48. The number of esters is 1. The molecule has 1 aliphatic heterocycles. The first-order valence-corrected chi connectivity index (χ1v) is 8.54. The van der Waals surface area contributed by atoms with Crippen LogP contribution in [0.3, 0.4) is 0 Å². The van der Waals surface area contributed by atoms with Crippen LogP contribution >= 0.6 is 0 Å². The zero-order valence-electron chi connectivity index (χ0n) is 14.6. The molecule has 3 aromatic rings. The normalized spacial score (nSPS) is 12.8. The molecule has 5 nitrogen and oxygen atoms in total. The van der Waals surface area contributed by atoms with Crippen LogP contribution in [0.5, 0.6) is 0 Å². The maximum Gasteiger partial charge on any atom is 0.338 e. The third-order valence-corrected chi connectivity index (χ3v) is 4.41. The maximum absolute atomic E-state index is 13.2. The van der Waals surface area contributed by atoms with E-state index in [9.17, 15) is 18.8 Å². The summed E-state index contributed by atoms with van der Waals surface area (Å²) in [5.41, 5.74) is 1.87. The fraction of sp³-hybridized carbons (Fsp3) is 0.0455. The molecule has 1 aliphatic rings. The second-order valence-electron chi connectivity index (χ2n) is 6.24. The van der Waals surface area contributed by atoms with E-state index in [0.29, 0.717) is 22.4 Å². The van der Waals surface area contributed by atoms with Crippen molar-refractivity contribution in [2.24, 2.45) is 0 Å². The Hall–Kier alpha value is -3.80. The molecule has 6 heteroatoms. The van der Waals surface area contributed by atoms with Crippen molar-refractivity contribution in [2.45, 2.75) is 6.61 Å². The second-order valence-corrected chi connectivity index (χ2v) is 6.24. The molecule has 0 spiro atoms. The molecule has 0 unspecified atom stereocenters. The largest absolute Gasteiger partial charge is 0.457 e. The summed E-state index contributed by atoms with van der Waals surface area (Å²) < 4.78 is 18.3. The number of nitrogens with zero attached hydrogens (tertiary/aromatic N) is 1. The molecular formula is C22H14FNO4. The van der Waals surface area contributed by atoms with E-state index >= 15 is 0 Å². The lowest BCUT2D eigenvalue weighted by atomic mass is 10.1. The average molecular weight is 375 g/mol. The number of halogens is 1. The lowest BCUT2D eigenvalue weighted by molar-refractivity contribution is 0.0472. The van der Waals surface area contributed by atoms with E-state index in [2.05, 4.69) is 0 Å². The van der Waals surface area contributed by atoms with Gasteiger partial charge in [0.15, 0.2) is 0 Å². The molecule has 0 saturated carbocycles. The minimum Gasteiger partial charge on any atom is -0.457 e. The van der Waals surface area contributed by atoms with Crippen molar-refractivity contribution in [1.29, 1.82) is 0 Å². The first kappa shape index (κ1) is 17.6. The Morgan fingerprint density at radius 1 is 0.857 bits per heavy atom. The number of carbonyl (C=O) groups is 3. The molecule has 0 fully saturated rings. The van der Waals surface area contributed by atoms with E-state index in [1.54, 1.807) is 30.3 Å². The molecule has 1 heterocycles. The Morgan fingerprint density at radius 3 is 2.11 bits per heavy atom. The number of hydrogen-bond acceptors (Lipinski definition) is 4. The van der Waals surface area contributed by atoms with Gasteiger partial charge in [0.2, 0.25) is 0 Å². The molecule has 0 radical (unpaired) electrons. The van der Waals surface area contributed by atoms with Gasteiger partial charge >= 0.3 is 5.97 Å². The summed E-state index contributed by atoms with van der Waals surface area (Å²) in [6.45, 7) is -0.0588. The fourth-order valence-electron chi connectivity index (χ4n) is 3.03. The lowest BCUT2D eigenvalue weighted by Gasteiger charge is -2.14. The number of anilines is 1. The third-order valence-electron chi connectivity index (χ3n) is 4.41. The Kier molecular flexibility index (Phi) is 4.45. The van der Waals surface area contributed by atoms with Crippen molar-refractivity contribution < 1.29 is 23.5 Å². The average Bonchev–Trinajstić information content (AvgIpc) is 2.97. The van der Waals surface area contributed by atoms with E-state index in [0.717, 1.165) is 4.90 Å². The number of carbonyl (C=O) groups excluding carboxylic acids is 3. The van der Waals surface area contributed by atoms with Crippen LogP contribution in [0, 0.1) is 5.82 Å².